The predicted octanol–water partition coefficient (Wildman–Crippen LogP) is 3.04. The Kier molecular flexibility index (Phi) is 4.85. The number of likely N-dealkylation sites (tertiary alicyclic amines) is 1. The first-order chi connectivity index (χ1) is 10.1. The van der Waals surface area contributed by atoms with Gasteiger partial charge in [-0.15, -0.1) is 0 Å². The topological polar surface area (TPSA) is 49.0 Å². The van der Waals surface area contributed by atoms with Crippen LogP contribution < -0.4 is 0 Å². The largest absolute Gasteiger partial charge is 0.349 e. The molecule has 4 nitrogen and oxygen atoms in total. The van der Waals surface area contributed by atoms with Gasteiger partial charge in [-0.05, 0) is 50.8 Å². The molecule has 0 radical (unpaired) electrons. The van der Waals surface area contributed by atoms with Crippen LogP contribution in [0.15, 0.2) is 11.6 Å². The fourth-order valence-electron chi connectivity index (χ4n) is 2.93. The van der Waals surface area contributed by atoms with Crippen molar-refractivity contribution in [2.45, 2.75) is 46.6 Å². The van der Waals surface area contributed by atoms with E-state index < -0.39 is 0 Å². The molecule has 0 saturated carbocycles. The number of carbonyl (C=O) groups excluding carboxylic acids is 1. The highest BCUT2D eigenvalue weighted by molar-refractivity contribution is 6.01. The first kappa shape index (κ1) is 15.4. The van der Waals surface area contributed by atoms with E-state index in [0.717, 1.165) is 50.2 Å². The van der Waals surface area contributed by atoms with Crippen molar-refractivity contribution in [2.24, 2.45) is 0 Å². The third-order valence-electron chi connectivity index (χ3n) is 4.10. The van der Waals surface area contributed by atoms with Crippen LogP contribution in [-0.2, 0) is 11.3 Å². The highest BCUT2D eigenvalue weighted by Crippen LogP contribution is 2.20. The quantitative estimate of drug-likeness (QED) is 0.630. The molecule has 0 spiro atoms. The van der Waals surface area contributed by atoms with Gasteiger partial charge in [-0.25, -0.2) is 0 Å². The van der Waals surface area contributed by atoms with Gasteiger partial charge < -0.3 is 9.47 Å². The Balaban J connectivity index is 2.30. The van der Waals surface area contributed by atoms with Crippen molar-refractivity contribution in [2.75, 3.05) is 13.1 Å². The van der Waals surface area contributed by atoms with E-state index in [4.69, 9.17) is 0 Å². The van der Waals surface area contributed by atoms with Crippen LogP contribution in [0, 0.1) is 25.2 Å². The normalized spacial score (nSPS) is 15.3. The molecule has 1 fully saturated rings. The highest BCUT2D eigenvalue weighted by Gasteiger charge is 2.22. The number of carbonyl (C=O) groups is 1. The van der Waals surface area contributed by atoms with Gasteiger partial charge in [-0.1, -0.05) is 6.92 Å². The highest BCUT2D eigenvalue weighted by atomic mass is 16.2. The number of hydrogen-bond donors (Lipinski definition) is 0. The molecular weight excluding hydrogens is 262 g/mol. The maximum absolute atomic E-state index is 12.3. The van der Waals surface area contributed by atoms with E-state index in [0.29, 0.717) is 0 Å². The summed E-state index contributed by atoms with van der Waals surface area (Å²) >= 11 is 0. The average molecular weight is 285 g/mol. The van der Waals surface area contributed by atoms with Gasteiger partial charge in [0.15, 0.2) is 0 Å². The summed E-state index contributed by atoms with van der Waals surface area (Å²) < 4.78 is 2.24. The lowest BCUT2D eigenvalue weighted by Crippen LogP contribution is -2.28. The summed E-state index contributed by atoms with van der Waals surface area (Å²) in [7, 11) is 0. The van der Waals surface area contributed by atoms with E-state index >= 15 is 0 Å². The third-order valence-corrected chi connectivity index (χ3v) is 4.10. The third kappa shape index (κ3) is 3.18. The minimum absolute atomic E-state index is 0.129. The molecule has 0 aliphatic carbocycles. The molecule has 1 aliphatic heterocycles. The van der Waals surface area contributed by atoms with Crippen LogP contribution in [0.25, 0.3) is 6.08 Å². The molecule has 21 heavy (non-hydrogen) atoms. The van der Waals surface area contributed by atoms with Gasteiger partial charge in [0, 0.05) is 31.0 Å². The standard InChI is InChI=1S/C17H23N3O/c1-4-7-20-13(2)10-15(14(20)3)11-16(12-18)17(21)19-8-5-6-9-19/h10-11H,4-9H2,1-3H3/b16-11+. The molecule has 1 saturated heterocycles. The summed E-state index contributed by atoms with van der Waals surface area (Å²) in [5.41, 5.74) is 3.52. The summed E-state index contributed by atoms with van der Waals surface area (Å²) in [6.07, 6.45) is 4.89. The summed E-state index contributed by atoms with van der Waals surface area (Å²) in [5.74, 6) is -0.129. The van der Waals surface area contributed by atoms with E-state index in [9.17, 15) is 10.1 Å². The molecule has 0 bridgehead atoms. The molecule has 112 valence electrons. The lowest BCUT2D eigenvalue weighted by Gasteiger charge is -2.14. The Morgan fingerprint density at radius 3 is 2.62 bits per heavy atom. The fourth-order valence-corrected chi connectivity index (χ4v) is 2.93. The van der Waals surface area contributed by atoms with Crippen molar-refractivity contribution in [3.05, 3.63) is 28.6 Å². The Labute approximate surface area is 126 Å². The van der Waals surface area contributed by atoms with Crippen LogP contribution in [0.1, 0.15) is 43.1 Å². The maximum Gasteiger partial charge on any atom is 0.264 e. The second-order valence-corrected chi connectivity index (χ2v) is 5.65. The lowest BCUT2D eigenvalue weighted by atomic mass is 10.1. The van der Waals surface area contributed by atoms with Crippen molar-refractivity contribution in [1.29, 1.82) is 5.26 Å². The second kappa shape index (κ2) is 6.62. The van der Waals surface area contributed by atoms with Crippen LogP contribution in [0.3, 0.4) is 0 Å². The number of aryl methyl sites for hydroxylation is 1. The van der Waals surface area contributed by atoms with Crippen LogP contribution in [0.4, 0.5) is 0 Å². The number of amides is 1. The van der Waals surface area contributed by atoms with Gasteiger partial charge in [0.1, 0.15) is 11.6 Å². The van der Waals surface area contributed by atoms with Gasteiger partial charge in [-0.2, -0.15) is 5.26 Å². The molecule has 0 aromatic carbocycles. The Hall–Kier alpha value is -2.02. The van der Waals surface area contributed by atoms with Gasteiger partial charge in [0.25, 0.3) is 5.91 Å². The first-order valence-corrected chi connectivity index (χ1v) is 7.66. The van der Waals surface area contributed by atoms with Crippen LogP contribution in [0.5, 0.6) is 0 Å². The average Bonchev–Trinajstić information content (AvgIpc) is 3.08. The van der Waals surface area contributed by atoms with E-state index in [2.05, 4.69) is 30.6 Å². The van der Waals surface area contributed by atoms with E-state index in [1.807, 2.05) is 6.92 Å². The second-order valence-electron chi connectivity index (χ2n) is 5.65. The Bertz CT molecular complexity index is 598. The number of nitrogens with zero attached hydrogens (tertiary/aromatic N) is 3. The van der Waals surface area contributed by atoms with Crippen molar-refractivity contribution >= 4 is 12.0 Å². The smallest absolute Gasteiger partial charge is 0.264 e. The Morgan fingerprint density at radius 2 is 2.05 bits per heavy atom. The molecule has 1 aromatic heterocycles. The summed E-state index contributed by atoms with van der Waals surface area (Å²) in [6.45, 7) is 8.76. The molecule has 0 unspecified atom stereocenters. The zero-order valence-electron chi connectivity index (χ0n) is 13.1. The zero-order chi connectivity index (χ0) is 15.4. The number of rotatable bonds is 4. The Morgan fingerprint density at radius 1 is 1.38 bits per heavy atom. The van der Waals surface area contributed by atoms with Gasteiger partial charge in [0.2, 0.25) is 0 Å². The maximum atomic E-state index is 12.3. The van der Waals surface area contributed by atoms with Crippen LogP contribution >= 0.6 is 0 Å². The van der Waals surface area contributed by atoms with Crippen molar-refractivity contribution in [3.63, 3.8) is 0 Å². The molecule has 2 rings (SSSR count). The van der Waals surface area contributed by atoms with E-state index in [1.165, 1.54) is 5.69 Å². The van der Waals surface area contributed by atoms with E-state index in [-0.39, 0.29) is 11.5 Å². The minimum atomic E-state index is -0.129. The molecule has 1 aliphatic rings. The SMILES string of the molecule is CCCn1c(C)cc(/C=C(\C#N)C(=O)N2CCCC2)c1C. The summed E-state index contributed by atoms with van der Waals surface area (Å²) in [4.78, 5) is 14.1. The summed E-state index contributed by atoms with van der Waals surface area (Å²) in [5, 5.41) is 9.32. The van der Waals surface area contributed by atoms with Crippen LogP contribution in [0.2, 0.25) is 0 Å². The predicted molar refractivity (Wildman–Crippen MR) is 83.6 cm³/mol. The molecule has 2 heterocycles. The molecule has 0 atom stereocenters. The number of nitriles is 1. The van der Waals surface area contributed by atoms with E-state index in [1.54, 1.807) is 11.0 Å². The van der Waals surface area contributed by atoms with Gasteiger partial charge in [0.05, 0.1) is 0 Å². The zero-order valence-corrected chi connectivity index (χ0v) is 13.1. The number of hydrogen-bond acceptors (Lipinski definition) is 2. The molecule has 4 heteroatoms. The van der Waals surface area contributed by atoms with Gasteiger partial charge in [-0.3, -0.25) is 4.79 Å². The fraction of sp³-hybridized carbons (Fsp3) is 0.529. The molecular formula is C17H23N3O. The lowest BCUT2D eigenvalue weighted by molar-refractivity contribution is -0.125. The molecule has 1 aromatic rings. The summed E-state index contributed by atoms with van der Waals surface area (Å²) in [6, 6.07) is 4.13. The minimum Gasteiger partial charge on any atom is -0.349 e. The number of aromatic nitrogens is 1. The van der Waals surface area contributed by atoms with Crippen LogP contribution in [-0.4, -0.2) is 28.5 Å². The van der Waals surface area contributed by atoms with Crippen molar-refractivity contribution < 1.29 is 4.79 Å². The van der Waals surface area contributed by atoms with Gasteiger partial charge >= 0.3 is 0 Å². The van der Waals surface area contributed by atoms with Crippen molar-refractivity contribution in [3.8, 4) is 6.07 Å². The monoisotopic (exact) mass is 285 g/mol. The first-order valence-electron chi connectivity index (χ1n) is 7.66. The molecule has 1 amide bonds. The molecule has 0 N–H and O–H groups in total. The van der Waals surface area contributed by atoms with Crippen molar-refractivity contribution in [1.82, 2.24) is 9.47 Å².